The Kier molecular flexibility index (Phi) is 3.01. The van der Waals surface area contributed by atoms with Crippen molar-refractivity contribution < 1.29 is 14.5 Å². The molecular formula is C11H13N3O5. The van der Waals surface area contributed by atoms with Gasteiger partial charge in [-0.3, -0.25) is 19.7 Å². The lowest BCUT2D eigenvalue weighted by Crippen LogP contribution is -2.31. The van der Waals surface area contributed by atoms with E-state index in [0.717, 1.165) is 4.57 Å². The molecule has 0 radical (unpaired) electrons. The van der Waals surface area contributed by atoms with Crippen molar-refractivity contribution in [1.29, 1.82) is 0 Å². The van der Waals surface area contributed by atoms with Gasteiger partial charge in [0.15, 0.2) is 0 Å². The predicted molar refractivity (Wildman–Crippen MR) is 65.5 cm³/mol. The molecule has 1 aliphatic carbocycles. The third-order valence-electron chi connectivity index (χ3n) is 3.30. The van der Waals surface area contributed by atoms with Crippen LogP contribution in [0.25, 0.3) is 0 Å². The summed E-state index contributed by atoms with van der Waals surface area (Å²) >= 11 is 0. The van der Waals surface area contributed by atoms with E-state index in [1.165, 1.54) is 19.4 Å². The quantitative estimate of drug-likeness (QED) is 0.476. The van der Waals surface area contributed by atoms with Gasteiger partial charge in [-0.25, -0.2) is 0 Å². The molecule has 2 rings (SSSR count). The highest BCUT2D eigenvalue weighted by Crippen LogP contribution is 2.48. The first kappa shape index (κ1) is 13.1. The van der Waals surface area contributed by atoms with Crippen LogP contribution < -0.4 is 11.3 Å². The summed E-state index contributed by atoms with van der Waals surface area (Å²) < 4.78 is 5.82. The average molecular weight is 267 g/mol. The molecule has 8 heteroatoms. The van der Waals surface area contributed by atoms with Crippen LogP contribution in [0.5, 0.6) is 0 Å². The van der Waals surface area contributed by atoms with Crippen LogP contribution in [0.1, 0.15) is 12.8 Å². The number of nitrogens with two attached hydrogens (primary N) is 1. The molecule has 0 amide bonds. The number of rotatable bonds is 4. The van der Waals surface area contributed by atoms with E-state index in [9.17, 15) is 19.7 Å². The van der Waals surface area contributed by atoms with Crippen LogP contribution in [0.2, 0.25) is 0 Å². The molecule has 102 valence electrons. The lowest BCUT2D eigenvalue weighted by atomic mass is 10.1. The second-order valence-electron chi connectivity index (χ2n) is 4.58. The summed E-state index contributed by atoms with van der Waals surface area (Å²) in [5.41, 5.74) is 3.02. The Morgan fingerprint density at radius 3 is 2.74 bits per heavy atom. The van der Waals surface area contributed by atoms with Gasteiger partial charge in [-0.05, 0) is 18.9 Å². The minimum absolute atomic E-state index is 0.0691. The van der Waals surface area contributed by atoms with Crippen molar-refractivity contribution >= 4 is 17.3 Å². The van der Waals surface area contributed by atoms with Crippen LogP contribution in [0.3, 0.4) is 0 Å². The number of nitrogens with zero attached hydrogens (tertiary/aromatic N) is 2. The average Bonchev–Trinajstić information content (AvgIpc) is 3.12. The Labute approximate surface area is 107 Å². The van der Waals surface area contributed by atoms with Gasteiger partial charge < -0.3 is 15.0 Å². The number of carbonyl (C=O) groups is 1. The molecule has 1 fully saturated rings. The number of hydrogen-bond acceptors (Lipinski definition) is 6. The zero-order valence-electron chi connectivity index (χ0n) is 10.3. The molecule has 0 bridgehead atoms. The minimum atomic E-state index is -0.814. The number of esters is 1. The zero-order chi connectivity index (χ0) is 14.2. The highest BCUT2D eigenvalue weighted by Gasteiger charge is 2.51. The van der Waals surface area contributed by atoms with Gasteiger partial charge >= 0.3 is 17.2 Å². The van der Waals surface area contributed by atoms with E-state index in [2.05, 4.69) is 4.74 Å². The van der Waals surface area contributed by atoms with E-state index in [1.54, 1.807) is 0 Å². The number of pyridine rings is 1. The number of nitrogen functional groups attached to an aromatic ring is 1. The molecule has 0 unspecified atom stereocenters. The van der Waals surface area contributed by atoms with Gasteiger partial charge in [0.2, 0.25) is 0 Å². The van der Waals surface area contributed by atoms with Gasteiger partial charge in [0.05, 0.1) is 17.4 Å². The summed E-state index contributed by atoms with van der Waals surface area (Å²) in [7, 11) is 1.27. The molecule has 0 atom stereocenters. The summed E-state index contributed by atoms with van der Waals surface area (Å²) in [6.07, 6.45) is 2.56. The van der Waals surface area contributed by atoms with Crippen molar-refractivity contribution in [3.63, 3.8) is 0 Å². The smallest absolute Gasteiger partial charge is 0.356 e. The summed E-state index contributed by atoms with van der Waals surface area (Å²) in [5, 5.41) is 10.8. The lowest BCUT2D eigenvalue weighted by molar-refractivity contribution is -0.385. The molecule has 1 aromatic rings. The molecule has 1 heterocycles. The van der Waals surface area contributed by atoms with E-state index in [4.69, 9.17) is 5.73 Å². The second kappa shape index (κ2) is 4.38. The maximum Gasteiger partial charge on any atom is 0.356 e. The molecular weight excluding hydrogens is 254 g/mol. The van der Waals surface area contributed by atoms with Gasteiger partial charge in [-0.1, -0.05) is 0 Å². The van der Waals surface area contributed by atoms with Crippen LogP contribution in [0.4, 0.5) is 11.4 Å². The summed E-state index contributed by atoms with van der Waals surface area (Å²) in [5.74, 6) is -0.404. The molecule has 0 aromatic carbocycles. The fourth-order valence-electron chi connectivity index (χ4n) is 2.00. The maximum absolute atomic E-state index is 11.9. The number of carbonyl (C=O) groups excluding carboxylic acids is 1. The lowest BCUT2D eigenvalue weighted by Gasteiger charge is -2.14. The molecule has 2 N–H and O–H groups in total. The van der Waals surface area contributed by atoms with Crippen LogP contribution >= 0.6 is 0 Å². The van der Waals surface area contributed by atoms with Crippen molar-refractivity contribution in [1.82, 2.24) is 4.57 Å². The number of ether oxygens (including phenoxy) is 1. The third kappa shape index (κ3) is 2.16. The molecule has 1 aliphatic rings. The van der Waals surface area contributed by atoms with E-state index >= 15 is 0 Å². The molecule has 1 saturated carbocycles. The fourth-order valence-corrected chi connectivity index (χ4v) is 2.00. The van der Waals surface area contributed by atoms with Crippen molar-refractivity contribution in [2.45, 2.75) is 19.4 Å². The Balaban J connectivity index is 2.38. The van der Waals surface area contributed by atoms with E-state index in [0.29, 0.717) is 12.8 Å². The predicted octanol–water partition coefficient (Wildman–Crippen LogP) is 0.292. The minimum Gasteiger partial charge on any atom is -0.469 e. The highest BCUT2D eigenvalue weighted by atomic mass is 16.6. The molecule has 0 spiro atoms. The van der Waals surface area contributed by atoms with Crippen LogP contribution in [0, 0.1) is 15.5 Å². The first-order valence-corrected chi connectivity index (χ1v) is 5.63. The van der Waals surface area contributed by atoms with Crippen molar-refractivity contribution in [3.05, 3.63) is 32.7 Å². The monoisotopic (exact) mass is 267 g/mol. The molecule has 0 saturated heterocycles. The zero-order valence-corrected chi connectivity index (χ0v) is 10.3. The van der Waals surface area contributed by atoms with Gasteiger partial charge in [0.1, 0.15) is 5.69 Å². The first-order valence-electron chi connectivity index (χ1n) is 5.63. The standard InChI is InChI=1S/C11H13N3O5/c1-19-10(16)11(3-4-11)6-13-5-2-7(12)8(9(13)15)14(17)18/h2,5H,3-4,6,12H2,1H3. The first-order chi connectivity index (χ1) is 8.91. The largest absolute Gasteiger partial charge is 0.469 e. The summed E-state index contributed by atoms with van der Waals surface area (Å²) in [6.45, 7) is 0.0691. The topological polar surface area (TPSA) is 117 Å². The van der Waals surface area contributed by atoms with E-state index in [1.807, 2.05) is 0 Å². The van der Waals surface area contributed by atoms with Crippen LogP contribution in [0.15, 0.2) is 17.1 Å². The van der Waals surface area contributed by atoms with Gasteiger partial charge in [-0.2, -0.15) is 0 Å². The maximum atomic E-state index is 11.9. The van der Waals surface area contributed by atoms with E-state index in [-0.39, 0.29) is 12.2 Å². The molecule has 0 aliphatic heterocycles. The fraction of sp³-hybridized carbons (Fsp3) is 0.455. The Hall–Kier alpha value is -2.38. The normalized spacial score (nSPS) is 15.8. The Bertz CT molecular complexity index is 603. The van der Waals surface area contributed by atoms with Crippen molar-refractivity contribution in [3.8, 4) is 0 Å². The Morgan fingerprint density at radius 1 is 1.63 bits per heavy atom. The van der Waals surface area contributed by atoms with Gasteiger partial charge in [0.25, 0.3) is 0 Å². The number of methoxy groups -OCH3 is 1. The molecule has 8 nitrogen and oxygen atoms in total. The van der Waals surface area contributed by atoms with Crippen molar-refractivity contribution in [2.24, 2.45) is 5.41 Å². The number of aromatic nitrogens is 1. The number of anilines is 1. The molecule has 19 heavy (non-hydrogen) atoms. The van der Waals surface area contributed by atoms with E-state index < -0.39 is 27.6 Å². The molecule has 1 aromatic heterocycles. The second-order valence-corrected chi connectivity index (χ2v) is 4.58. The van der Waals surface area contributed by atoms with Gasteiger partial charge in [-0.15, -0.1) is 0 Å². The third-order valence-corrected chi connectivity index (χ3v) is 3.30. The van der Waals surface area contributed by atoms with Crippen molar-refractivity contribution in [2.75, 3.05) is 12.8 Å². The summed E-state index contributed by atoms with van der Waals surface area (Å²) in [4.78, 5) is 33.5. The SMILES string of the molecule is COC(=O)C1(Cn2ccc(N)c([N+](=O)[O-])c2=O)CC1. The Morgan fingerprint density at radius 2 is 2.26 bits per heavy atom. The number of hydrogen-bond donors (Lipinski definition) is 1. The van der Waals surface area contributed by atoms with Crippen LogP contribution in [-0.4, -0.2) is 22.6 Å². The van der Waals surface area contributed by atoms with Crippen LogP contribution in [-0.2, 0) is 16.1 Å². The number of nitro groups is 1. The summed E-state index contributed by atoms with van der Waals surface area (Å²) in [6, 6.07) is 1.28. The highest BCUT2D eigenvalue weighted by molar-refractivity contribution is 5.79. The van der Waals surface area contributed by atoms with Gasteiger partial charge in [0, 0.05) is 12.7 Å².